The monoisotopic (exact) mass is 267 g/mol. The van der Waals surface area contributed by atoms with E-state index in [-0.39, 0.29) is 12.5 Å². The highest BCUT2D eigenvalue weighted by Crippen LogP contribution is 1.99. The van der Waals surface area contributed by atoms with Crippen LogP contribution >= 0.6 is 0 Å². The van der Waals surface area contributed by atoms with Crippen LogP contribution in [0.2, 0.25) is 0 Å². The average molecular weight is 267 g/mol. The summed E-state index contributed by atoms with van der Waals surface area (Å²) in [6, 6.07) is 0. The molecule has 1 rings (SSSR count). The van der Waals surface area contributed by atoms with Crippen molar-refractivity contribution in [1.29, 1.82) is 0 Å². The molecule has 0 spiro atoms. The van der Waals surface area contributed by atoms with Gasteiger partial charge in [0.2, 0.25) is 5.91 Å². The van der Waals surface area contributed by atoms with Crippen LogP contribution in [0, 0.1) is 0 Å². The summed E-state index contributed by atoms with van der Waals surface area (Å²) in [5, 5.41) is 11.2. The lowest BCUT2D eigenvalue weighted by Crippen LogP contribution is -2.35. The number of aromatic nitrogens is 3. The average Bonchev–Trinajstić information content (AvgIpc) is 2.83. The lowest BCUT2D eigenvalue weighted by Gasteiger charge is -2.21. The number of hydrogen-bond donors (Lipinski definition) is 1. The van der Waals surface area contributed by atoms with E-state index in [0.717, 1.165) is 38.2 Å². The third kappa shape index (κ3) is 5.38. The number of nitrogens with zero attached hydrogens (tertiary/aromatic N) is 4. The minimum absolute atomic E-state index is 0.114. The second kappa shape index (κ2) is 8.63. The van der Waals surface area contributed by atoms with E-state index in [1.165, 1.54) is 0 Å². The molecule has 1 aromatic rings. The Kier molecular flexibility index (Phi) is 7.10. The lowest BCUT2D eigenvalue weighted by atomic mass is 10.3. The van der Waals surface area contributed by atoms with Gasteiger partial charge in [0.1, 0.15) is 6.54 Å². The molecule has 0 fully saturated rings. The SMILES string of the molecule is CCCN(CCC)C(=O)Cn1cc(CNCC)nn1. The fourth-order valence-corrected chi connectivity index (χ4v) is 1.89. The van der Waals surface area contributed by atoms with Crippen molar-refractivity contribution in [2.45, 2.75) is 46.7 Å². The van der Waals surface area contributed by atoms with Crippen molar-refractivity contribution in [3.63, 3.8) is 0 Å². The highest BCUT2D eigenvalue weighted by atomic mass is 16.2. The molecular formula is C13H25N5O. The van der Waals surface area contributed by atoms with Gasteiger partial charge in [0.15, 0.2) is 0 Å². The van der Waals surface area contributed by atoms with Gasteiger partial charge in [0.25, 0.3) is 0 Å². The molecule has 1 heterocycles. The van der Waals surface area contributed by atoms with Gasteiger partial charge in [-0.05, 0) is 19.4 Å². The van der Waals surface area contributed by atoms with Crippen LogP contribution in [0.4, 0.5) is 0 Å². The highest BCUT2D eigenvalue weighted by Gasteiger charge is 2.13. The van der Waals surface area contributed by atoms with Gasteiger partial charge in [-0.1, -0.05) is 26.0 Å². The molecular weight excluding hydrogens is 242 g/mol. The maximum absolute atomic E-state index is 12.1. The maximum Gasteiger partial charge on any atom is 0.244 e. The van der Waals surface area contributed by atoms with Crippen molar-refractivity contribution in [3.8, 4) is 0 Å². The number of amides is 1. The van der Waals surface area contributed by atoms with Gasteiger partial charge < -0.3 is 10.2 Å². The second-order valence-corrected chi connectivity index (χ2v) is 4.57. The van der Waals surface area contributed by atoms with Crippen molar-refractivity contribution in [1.82, 2.24) is 25.2 Å². The molecule has 0 saturated carbocycles. The summed E-state index contributed by atoms with van der Waals surface area (Å²) in [6.45, 7) is 9.70. The zero-order valence-corrected chi connectivity index (χ0v) is 12.2. The summed E-state index contributed by atoms with van der Waals surface area (Å²) >= 11 is 0. The van der Waals surface area contributed by atoms with E-state index in [9.17, 15) is 4.79 Å². The molecule has 0 radical (unpaired) electrons. The summed E-state index contributed by atoms with van der Waals surface area (Å²) in [5.74, 6) is 0.114. The zero-order chi connectivity index (χ0) is 14.1. The van der Waals surface area contributed by atoms with Gasteiger partial charge in [-0.15, -0.1) is 5.10 Å². The molecule has 0 aromatic carbocycles. The van der Waals surface area contributed by atoms with Crippen molar-refractivity contribution in [2.75, 3.05) is 19.6 Å². The Balaban J connectivity index is 2.52. The molecule has 0 unspecified atom stereocenters. The van der Waals surface area contributed by atoms with E-state index >= 15 is 0 Å². The second-order valence-electron chi connectivity index (χ2n) is 4.57. The van der Waals surface area contributed by atoms with Gasteiger partial charge in [-0.2, -0.15) is 0 Å². The molecule has 0 aliphatic rings. The first-order chi connectivity index (χ1) is 9.21. The van der Waals surface area contributed by atoms with Gasteiger partial charge in [0.05, 0.1) is 11.9 Å². The van der Waals surface area contributed by atoms with Crippen LogP contribution in [0.15, 0.2) is 6.20 Å². The number of nitrogens with one attached hydrogen (secondary N) is 1. The number of rotatable bonds is 9. The molecule has 108 valence electrons. The molecule has 0 bridgehead atoms. The molecule has 1 amide bonds. The normalized spacial score (nSPS) is 10.7. The Morgan fingerprint density at radius 3 is 2.58 bits per heavy atom. The van der Waals surface area contributed by atoms with E-state index < -0.39 is 0 Å². The Labute approximate surface area is 115 Å². The Hall–Kier alpha value is -1.43. The van der Waals surface area contributed by atoms with Gasteiger partial charge in [-0.25, -0.2) is 4.68 Å². The first-order valence-electron chi connectivity index (χ1n) is 7.08. The minimum Gasteiger partial charge on any atom is -0.341 e. The van der Waals surface area contributed by atoms with E-state index in [1.807, 2.05) is 18.0 Å². The van der Waals surface area contributed by atoms with E-state index in [0.29, 0.717) is 6.54 Å². The molecule has 6 heteroatoms. The lowest BCUT2D eigenvalue weighted by molar-refractivity contribution is -0.132. The first-order valence-corrected chi connectivity index (χ1v) is 7.08. The van der Waals surface area contributed by atoms with Gasteiger partial charge in [0, 0.05) is 19.6 Å². The van der Waals surface area contributed by atoms with E-state index in [1.54, 1.807) is 4.68 Å². The van der Waals surface area contributed by atoms with E-state index in [4.69, 9.17) is 0 Å². The van der Waals surface area contributed by atoms with Crippen molar-refractivity contribution < 1.29 is 4.79 Å². The van der Waals surface area contributed by atoms with Crippen LogP contribution in [0.25, 0.3) is 0 Å². The predicted molar refractivity (Wildman–Crippen MR) is 74.6 cm³/mol. The van der Waals surface area contributed by atoms with Crippen molar-refractivity contribution in [2.24, 2.45) is 0 Å². The van der Waals surface area contributed by atoms with Gasteiger partial charge >= 0.3 is 0 Å². The first kappa shape index (κ1) is 15.6. The van der Waals surface area contributed by atoms with Crippen LogP contribution in [0.1, 0.15) is 39.3 Å². The fourth-order valence-electron chi connectivity index (χ4n) is 1.89. The Morgan fingerprint density at radius 1 is 1.32 bits per heavy atom. The summed E-state index contributed by atoms with van der Waals surface area (Å²) < 4.78 is 1.62. The standard InChI is InChI=1S/C13H25N5O/c1-4-7-17(8-5-2)13(19)11-18-10-12(15-16-18)9-14-6-3/h10,14H,4-9,11H2,1-3H3. The molecule has 0 aliphatic heterocycles. The summed E-state index contributed by atoms with van der Waals surface area (Å²) in [4.78, 5) is 14.0. The molecule has 1 aromatic heterocycles. The summed E-state index contributed by atoms with van der Waals surface area (Å²) in [6.07, 6.45) is 3.79. The fraction of sp³-hybridized carbons (Fsp3) is 0.769. The molecule has 0 aliphatic carbocycles. The molecule has 0 atom stereocenters. The molecule has 6 nitrogen and oxygen atoms in total. The quantitative estimate of drug-likeness (QED) is 0.726. The number of carbonyl (C=O) groups excluding carboxylic acids is 1. The van der Waals surface area contributed by atoms with Crippen LogP contribution in [-0.2, 0) is 17.9 Å². The van der Waals surface area contributed by atoms with Crippen LogP contribution in [-0.4, -0.2) is 45.4 Å². The molecule has 19 heavy (non-hydrogen) atoms. The van der Waals surface area contributed by atoms with Crippen LogP contribution in [0.3, 0.4) is 0 Å². The Morgan fingerprint density at radius 2 is 2.00 bits per heavy atom. The zero-order valence-electron chi connectivity index (χ0n) is 12.2. The third-order valence-electron chi connectivity index (χ3n) is 2.78. The van der Waals surface area contributed by atoms with Crippen LogP contribution < -0.4 is 5.32 Å². The van der Waals surface area contributed by atoms with Crippen molar-refractivity contribution >= 4 is 5.91 Å². The highest BCUT2D eigenvalue weighted by molar-refractivity contribution is 5.75. The van der Waals surface area contributed by atoms with Gasteiger partial charge in [-0.3, -0.25) is 4.79 Å². The maximum atomic E-state index is 12.1. The topological polar surface area (TPSA) is 63.1 Å². The van der Waals surface area contributed by atoms with E-state index in [2.05, 4.69) is 29.5 Å². The molecule has 1 N–H and O–H groups in total. The number of hydrogen-bond acceptors (Lipinski definition) is 4. The smallest absolute Gasteiger partial charge is 0.244 e. The molecule has 0 saturated heterocycles. The largest absolute Gasteiger partial charge is 0.341 e. The Bertz CT molecular complexity index is 371. The number of carbonyl (C=O) groups is 1. The summed E-state index contributed by atoms with van der Waals surface area (Å²) in [5.41, 5.74) is 0.868. The third-order valence-corrected chi connectivity index (χ3v) is 2.78. The van der Waals surface area contributed by atoms with Crippen LogP contribution in [0.5, 0.6) is 0 Å². The minimum atomic E-state index is 0.114. The summed E-state index contributed by atoms with van der Waals surface area (Å²) in [7, 11) is 0. The van der Waals surface area contributed by atoms with Crippen molar-refractivity contribution in [3.05, 3.63) is 11.9 Å². The predicted octanol–water partition coefficient (Wildman–Crippen LogP) is 1.04.